The second-order valence-electron chi connectivity index (χ2n) is 6.99. The van der Waals surface area contributed by atoms with Gasteiger partial charge in [-0.3, -0.25) is 4.79 Å². The molecule has 4 rings (SSSR count). The van der Waals surface area contributed by atoms with Gasteiger partial charge in [-0.25, -0.2) is 0 Å². The summed E-state index contributed by atoms with van der Waals surface area (Å²) >= 11 is 0. The molecule has 1 aliphatic heterocycles. The molecular formula is C23H21N3O5S. The maximum Gasteiger partial charge on any atom is 0.285 e. The van der Waals surface area contributed by atoms with Crippen LogP contribution in [-0.4, -0.2) is 34.4 Å². The minimum Gasteiger partial charge on any atom is -0.493 e. The molecule has 2 N–H and O–H groups in total. The van der Waals surface area contributed by atoms with E-state index < -0.39 is 10.0 Å². The number of hydrogen-bond donors (Lipinski definition) is 2. The van der Waals surface area contributed by atoms with Gasteiger partial charge in [-0.15, -0.1) is 4.40 Å². The number of anilines is 1. The van der Waals surface area contributed by atoms with Crippen LogP contribution < -0.4 is 20.1 Å². The molecule has 0 bridgehead atoms. The lowest BCUT2D eigenvalue weighted by Crippen LogP contribution is -2.22. The molecule has 0 fully saturated rings. The van der Waals surface area contributed by atoms with Gasteiger partial charge in [-0.05, 0) is 54.1 Å². The van der Waals surface area contributed by atoms with Gasteiger partial charge in [0.25, 0.3) is 15.9 Å². The number of carbonyl (C=O) groups is 1. The van der Waals surface area contributed by atoms with Crippen molar-refractivity contribution in [1.82, 2.24) is 5.32 Å². The molecule has 1 aliphatic rings. The Balaban J connectivity index is 1.41. The molecule has 1 amide bonds. The summed E-state index contributed by atoms with van der Waals surface area (Å²) in [6.07, 6.45) is 0. The first-order valence-electron chi connectivity index (χ1n) is 9.72. The third-order valence-corrected chi connectivity index (χ3v) is 6.28. The van der Waals surface area contributed by atoms with Crippen LogP contribution in [0.2, 0.25) is 0 Å². The normalized spacial score (nSPS) is 13.6. The van der Waals surface area contributed by atoms with Crippen molar-refractivity contribution in [3.05, 3.63) is 83.4 Å². The van der Waals surface area contributed by atoms with Gasteiger partial charge in [0.05, 0.1) is 14.2 Å². The van der Waals surface area contributed by atoms with Gasteiger partial charge < -0.3 is 20.1 Å². The second kappa shape index (κ2) is 8.72. The summed E-state index contributed by atoms with van der Waals surface area (Å²) < 4.78 is 38.6. The Labute approximate surface area is 186 Å². The summed E-state index contributed by atoms with van der Waals surface area (Å²) in [7, 11) is -0.574. The lowest BCUT2D eigenvalue weighted by atomic mass is 10.1. The Hall–Kier alpha value is -3.85. The van der Waals surface area contributed by atoms with Crippen LogP contribution in [0.5, 0.6) is 11.5 Å². The Morgan fingerprint density at radius 3 is 2.38 bits per heavy atom. The Bertz CT molecular complexity index is 1300. The van der Waals surface area contributed by atoms with E-state index in [2.05, 4.69) is 15.0 Å². The number of nitrogens with one attached hydrogen (secondary N) is 2. The molecule has 3 aromatic rings. The smallest absolute Gasteiger partial charge is 0.285 e. The highest BCUT2D eigenvalue weighted by Crippen LogP contribution is 2.28. The fraction of sp³-hybridized carbons (Fsp3) is 0.130. The van der Waals surface area contributed by atoms with E-state index in [1.165, 1.54) is 6.07 Å². The lowest BCUT2D eigenvalue weighted by molar-refractivity contribution is 0.0951. The molecule has 3 aromatic carbocycles. The van der Waals surface area contributed by atoms with E-state index in [9.17, 15) is 13.2 Å². The maximum atomic E-state index is 12.5. The summed E-state index contributed by atoms with van der Waals surface area (Å²) in [6.45, 7) is 0.324. The molecule has 164 valence electrons. The van der Waals surface area contributed by atoms with Gasteiger partial charge in [-0.2, -0.15) is 8.42 Å². The first-order valence-corrected chi connectivity index (χ1v) is 11.2. The molecule has 0 aromatic heterocycles. The predicted molar refractivity (Wildman–Crippen MR) is 121 cm³/mol. The Kier molecular flexibility index (Phi) is 5.83. The standard InChI is InChI=1S/C23H21N3O5S/c1-30-19-12-7-15(13-20(19)31-2)14-24-23(27)16-8-10-17(11-9-16)25-22-18-5-3-4-6-21(18)32(28,29)26-22/h3-13H,14H2,1-2H3,(H,24,27)(H,25,26). The van der Waals surface area contributed by atoms with Crippen LogP contribution in [-0.2, 0) is 16.6 Å². The largest absolute Gasteiger partial charge is 0.493 e. The molecule has 0 atom stereocenters. The van der Waals surface area contributed by atoms with E-state index in [0.717, 1.165) is 5.56 Å². The average molecular weight is 452 g/mol. The number of carbonyl (C=O) groups excluding carboxylic acids is 1. The summed E-state index contributed by atoms with van der Waals surface area (Å²) in [5, 5.41) is 5.88. The fourth-order valence-corrected chi connectivity index (χ4v) is 4.49. The van der Waals surface area contributed by atoms with Gasteiger partial charge >= 0.3 is 0 Å². The van der Waals surface area contributed by atoms with Crippen molar-refractivity contribution in [3.63, 3.8) is 0 Å². The molecule has 9 heteroatoms. The summed E-state index contributed by atoms with van der Waals surface area (Å²) in [5.41, 5.74) is 2.47. The van der Waals surface area contributed by atoms with Crippen molar-refractivity contribution in [1.29, 1.82) is 0 Å². The van der Waals surface area contributed by atoms with Gasteiger partial charge in [0.15, 0.2) is 17.3 Å². The van der Waals surface area contributed by atoms with Crippen molar-refractivity contribution >= 4 is 27.5 Å². The van der Waals surface area contributed by atoms with Crippen molar-refractivity contribution in [2.75, 3.05) is 19.5 Å². The summed E-state index contributed by atoms with van der Waals surface area (Å²) in [6, 6.07) is 18.8. The van der Waals surface area contributed by atoms with Gasteiger partial charge in [-0.1, -0.05) is 18.2 Å². The SMILES string of the molecule is COc1ccc(CNC(=O)c2ccc(NC3=NS(=O)(=O)c4ccccc43)cc2)cc1OC. The third kappa shape index (κ3) is 4.28. The van der Waals surface area contributed by atoms with Crippen LogP contribution in [0.4, 0.5) is 5.69 Å². The van der Waals surface area contributed by atoms with Gasteiger partial charge in [0.2, 0.25) is 0 Å². The average Bonchev–Trinajstić information content (AvgIpc) is 3.07. The predicted octanol–water partition coefficient (Wildman–Crippen LogP) is 3.19. The zero-order chi connectivity index (χ0) is 22.7. The van der Waals surface area contributed by atoms with Crippen molar-refractivity contribution in [2.24, 2.45) is 4.40 Å². The van der Waals surface area contributed by atoms with Gasteiger partial charge in [0.1, 0.15) is 4.90 Å². The molecule has 0 saturated heterocycles. The van der Waals surface area contributed by atoms with E-state index in [4.69, 9.17) is 9.47 Å². The highest BCUT2D eigenvalue weighted by atomic mass is 32.2. The highest BCUT2D eigenvalue weighted by Gasteiger charge is 2.28. The molecule has 0 aliphatic carbocycles. The first-order chi connectivity index (χ1) is 15.4. The molecule has 0 saturated carbocycles. The molecule has 0 spiro atoms. The number of nitrogens with zero attached hydrogens (tertiary/aromatic N) is 1. The fourth-order valence-electron chi connectivity index (χ4n) is 3.31. The molecule has 0 radical (unpaired) electrons. The summed E-state index contributed by atoms with van der Waals surface area (Å²) in [4.78, 5) is 12.7. The molecule has 1 heterocycles. The summed E-state index contributed by atoms with van der Waals surface area (Å²) in [5.74, 6) is 1.23. The zero-order valence-corrected chi connectivity index (χ0v) is 18.3. The van der Waals surface area contributed by atoms with Crippen LogP contribution in [0, 0.1) is 0 Å². The van der Waals surface area contributed by atoms with E-state index in [1.54, 1.807) is 68.8 Å². The van der Waals surface area contributed by atoms with E-state index in [1.807, 2.05) is 6.07 Å². The molecule has 8 nitrogen and oxygen atoms in total. The second-order valence-corrected chi connectivity index (χ2v) is 8.56. The first kappa shape index (κ1) is 21.4. The monoisotopic (exact) mass is 451 g/mol. The number of benzene rings is 3. The highest BCUT2D eigenvalue weighted by molar-refractivity contribution is 7.90. The minimum atomic E-state index is -3.70. The number of methoxy groups -OCH3 is 2. The lowest BCUT2D eigenvalue weighted by Gasteiger charge is -2.11. The van der Waals surface area contributed by atoms with Gasteiger partial charge in [0, 0.05) is 23.4 Å². The van der Waals surface area contributed by atoms with Crippen LogP contribution >= 0.6 is 0 Å². The zero-order valence-electron chi connectivity index (χ0n) is 17.5. The van der Waals surface area contributed by atoms with Crippen LogP contribution in [0.15, 0.2) is 76.0 Å². The number of hydrogen-bond acceptors (Lipinski definition) is 6. The maximum absolute atomic E-state index is 12.5. The van der Waals surface area contributed by atoms with E-state index in [0.29, 0.717) is 34.9 Å². The van der Waals surface area contributed by atoms with Crippen LogP contribution in [0.3, 0.4) is 0 Å². The molecular weight excluding hydrogens is 430 g/mol. The number of sulfonamides is 1. The van der Waals surface area contributed by atoms with Crippen molar-refractivity contribution in [3.8, 4) is 11.5 Å². The Morgan fingerprint density at radius 2 is 1.66 bits per heavy atom. The van der Waals surface area contributed by atoms with Crippen LogP contribution in [0.25, 0.3) is 0 Å². The van der Waals surface area contributed by atoms with Crippen molar-refractivity contribution in [2.45, 2.75) is 11.4 Å². The van der Waals surface area contributed by atoms with E-state index in [-0.39, 0.29) is 16.6 Å². The number of rotatable bonds is 6. The van der Waals surface area contributed by atoms with Crippen molar-refractivity contribution < 1.29 is 22.7 Å². The Morgan fingerprint density at radius 1 is 0.938 bits per heavy atom. The van der Waals surface area contributed by atoms with E-state index >= 15 is 0 Å². The molecule has 32 heavy (non-hydrogen) atoms. The number of ether oxygens (including phenoxy) is 2. The number of fused-ring (bicyclic) bond motifs is 1. The van der Waals surface area contributed by atoms with Crippen LogP contribution in [0.1, 0.15) is 21.5 Å². The minimum absolute atomic E-state index is 0.175. The topological polar surface area (TPSA) is 106 Å². The number of amides is 1. The molecule has 0 unspecified atom stereocenters. The quantitative estimate of drug-likeness (QED) is 0.596. The number of amidine groups is 1. The third-order valence-electron chi connectivity index (χ3n) is 4.94.